The van der Waals surface area contributed by atoms with E-state index in [1.54, 1.807) is 0 Å². The Hall–Kier alpha value is -2.15. The minimum Gasteiger partial charge on any atom is -0.256 e. The molecule has 0 saturated heterocycles. The summed E-state index contributed by atoms with van der Waals surface area (Å²) in [5.74, 6) is 0. The van der Waals surface area contributed by atoms with Crippen molar-refractivity contribution in [3.63, 3.8) is 0 Å². The van der Waals surface area contributed by atoms with Gasteiger partial charge in [-0.2, -0.15) is 0 Å². The van der Waals surface area contributed by atoms with Gasteiger partial charge in [0.15, 0.2) is 0 Å². The summed E-state index contributed by atoms with van der Waals surface area (Å²) < 4.78 is 0. The first-order valence-corrected chi connectivity index (χ1v) is 5.34. The largest absolute Gasteiger partial charge is 0.256 e. The molecular formula is C15H8N. The molecule has 16 heavy (non-hydrogen) atoms. The van der Waals surface area contributed by atoms with Crippen LogP contribution in [0, 0.1) is 6.07 Å². The Kier molecular flexibility index (Phi) is 1.36. The van der Waals surface area contributed by atoms with Crippen molar-refractivity contribution in [1.82, 2.24) is 4.98 Å². The summed E-state index contributed by atoms with van der Waals surface area (Å²) in [5.41, 5.74) is 1.06. The van der Waals surface area contributed by atoms with E-state index in [1.807, 2.05) is 12.3 Å². The quantitative estimate of drug-likeness (QED) is 0.395. The van der Waals surface area contributed by atoms with Crippen LogP contribution in [0.1, 0.15) is 0 Å². The van der Waals surface area contributed by atoms with Crippen LogP contribution in [0.3, 0.4) is 0 Å². The summed E-state index contributed by atoms with van der Waals surface area (Å²) in [6.45, 7) is 0. The van der Waals surface area contributed by atoms with E-state index in [-0.39, 0.29) is 0 Å². The second-order valence-electron chi connectivity index (χ2n) is 4.05. The highest BCUT2D eigenvalue weighted by molar-refractivity contribution is 6.21. The Morgan fingerprint density at radius 3 is 2.88 bits per heavy atom. The zero-order valence-electron chi connectivity index (χ0n) is 8.57. The molecule has 0 aliphatic heterocycles. The lowest BCUT2D eigenvalue weighted by atomic mass is 9.98. The van der Waals surface area contributed by atoms with Gasteiger partial charge in [0.2, 0.25) is 0 Å². The van der Waals surface area contributed by atoms with Crippen LogP contribution in [0.2, 0.25) is 0 Å². The van der Waals surface area contributed by atoms with Crippen molar-refractivity contribution in [3.05, 3.63) is 54.7 Å². The van der Waals surface area contributed by atoms with E-state index >= 15 is 0 Å². The zero-order chi connectivity index (χ0) is 10.5. The van der Waals surface area contributed by atoms with Crippen LogP contribution in [0.4, 0.5) is 0 Å². The fraction of sp³-hybridized carbons (Fsp3) is 0. The number of nitrogens with zero attached hydrogens (tertiary/aromatic N) is 1. The molecule has 1 heteroatoms. The lowest BCUT2D eigenvalue weighted by Gasteiger charge is -2.08. The van der Waals surface area contributed by atoms with E-state index in [9.17, 15) is 0 Å². The monoisotopic (exact) mass is 202 g/mol. The van der Waals surface area contributed by atoms with E-state index in [1.165, 1.54) is 26.9 Å². The van der Waals surface area contributed by atoms with Gasteiger partial charge in [-0.3, -0.25) is 4.98 Å². The summed E-state index contributed by atoms with van der Waals surface area (Å²) in [5, 5.41) is 6.16. The summed E-state index contributed by atoms with van der Waals surface area (Å²) in [6, 6.07) is 17.8. The third-order valence-electron chi connectivity index (χ3n) is 3.16. The van der Waals surface area contributed by atoms with Gasteiger partial charge in [0.05, 0.1) is 5.52 Å². The average Bonchev–Trinajstić information content (AvgIpc) is 2.36. The minimum atomic E-state index is 1.06. The van der Waals surface area contributed by atoms with Crippen LogP contribution < -0.4 is 0 Å². The molecule has 0 N–H and O–H groups in total. The summed E-state index contributed by atoms with van der Waals surface area (Å²) in [7, 11) is 0. The molecule has 3 aromatic carbocycles. The maximum atomic E-state index is 4.50. The molecule has 1 nitrogen and oxygen atoms in total. The predicted molar refractivity (Wildman–Crippen MR) is 66.8 cm³/mol. The molecule has 0 atom stereocenters. The molecule has 4 rings (SSSR count). The number of benzene rings is 3. The van der Waals surface area contributed by atoms with Crippen LogP contribution in [0.25, 0.3) is 32.4 Å². The van der Waals surface area contributed by atoms with Gasteiger partial charge in [-0.05, 0) is 22.9 Å². The van der Waals surface area contributed by atoms with Gasteiger partial charge >= 0.3 is 0 Å². The Morgan fingerprint density at radius 2 is 1.88 bits per heavy atom. The molecule has 0 aliphatic rings. The van der Waals surface area contributed by atoms with E-state index in [0.717, 1.165) is 5.52 Å². The predicted octanol–water partition coefficient (Wildman–Crippen LogP) is 3.78. The topological polar surface area (TPSA) is 12.9 Å². The van der Waals surface area contributed by atoms with Crippen LogP contribution in [0.15, 0.2) is 48.7 Å². The molecular weight excluding hydrogens is 194 g/mol. The Bertz CT molecular complexity index is 672. The van der Waals surface area contributed by atoms with Gasteiger partial charge in [-0.15, -0.1) is 0 Å². The normalized spacial score (nSPS) is 11.8. The molecule has 1 radical (unpaired) electrons. The van der Waals surface area contributed by atoms with E-state index in [4.69, 9.17) is 0 Å². The van der Waals surface area contributed by atoms with Crippen molar-refractivity contribution in [3.8, 4) is 0 Å². The SMILES string of the molecule is [c]1ccc2cnc3cccc4ccc1c2c43. The molecule has 4 aromatic rings. The van der Waals surface area contributed by atoms with Crippen LogP contribution >= 0.6 is 0 Å². The maximum Gasteiger partial charge on any atom is 0.0714 e. The van der Waals surface area contributed by atoms with E-state index in [0.29, 0.717) is 0 Å². The lowest BCUT2D eigenvalue weighted by Crippen LogP contribution is -1.85. The Morgan fingerprint density at radius 1 is 0.875 bits per heavy atom. The second kappa shape index (κ2) is 2.70. The Balaban J connectivity index is 2.51. The van der Waals surface area contributed by atoms with E-state index in [2.05, 4.69) is 47.4 Å². The lowest BCUT2D eigenvalue weighted by molar-refractivity contribution is 1.45. The number of pyridine rings is 1. The summed E-state index contributed by atoms with van der Waals surface area (Å²) in [4.78, 5) is 4.50. The van der Waals surface area contributed by atoms with Gasteiger partial charge in [-0.1, -0.05) is 36.4 Å². The number of hydrogen-bond donors (Lipinski definition) is 0. The highest BCUT2D eigenvalue weighted by Crippen LogP contribution is 2.32. The van der Waals surface area contributed by atoms with Crippen LogP contribution in [0.5, 0.6) is 0 Å². The van der Waals surface area contributed by atoms with Gasteiger partial charge in [-0.25, -0.2) is 0 Å². The first-order chi connectivity index (χ1) is 7.93. The fourth-order valence-electron chi connectivity index (χ4n) is 2.44. The number of hydrogen-bond acceptors (Lipinski definition) is 1. The molecule has 0 amide bonds. The summed E-state index contributed by atoms with van der Waals surface area (Å²) >= 11 is 0. The molecule has 0 fully saturated rings. The van der Waals surface area contributed by atoms with Crippen molar-refractivity contribution in [2.75, 3.05) is 0 Å². The maximum absolute atomic E-state index is 4.50. The van der Waals surface area contributed by atoms with Gasteiger partial charge in [0.1, 0.15) is 0 Å². The molecule has 0 saturated carbocycles. The number of aromatic nitrogens is 1. The standard InChI is InChI=1S/C15H8N/c1-3-10-7-8-11-4-2-6-13-15(11)14(10)12(5-1)9-16-13/h1-2,4-9H. The van der Waals surface area contributed by atoms with Crippen LogP contribution in [-0.2, 0) is 0 Å². The first-order valence-electron chi connectivity index (χ1n) is 5.34. The van der Waals surface area contributed by atoms with Gasteiger partial charge in [0, 0.05) is 22.4 Å². The van der Waals surface area contributed by atoms with Crippen LogP contribution in [-0.4, -0.2) is 4.98 Å². The fourth-order valence-corrected chi connectivity index (χ4v) is 2.44. The highest BCUT2D eigenvalue weighted by atomic mass is 14.6. The average molecular weight is 202 g/mol. The summed E-state index contributed by atoms with van der Waals surface area (Å²) in [6.07, 6.45) is 1.94. The van der Waals surface area contributed by atoms with Crippen molar-refractivity contribution < 1.29 is 0 Å². The number of rotatable bonds is 0. The highest BCUT2D eigenvalue weighted by Gasteiger charge is 2.07. The van der Waals surface area contributed by atoms with Gasteiger partial charge < -0.3 is 0 Å². The molecule has 1 heterocycles. The molecule has 1 aromatic heterocycles. The molecule has 0 aliphatic carbocycles. The zero-order valence-corrected chi connectivity index (χ0v) is 8.57. The first kappa shape index (κ1) is 8.05. The smallest absolute Gasteiger partial charge is 0.0714 e. The Labute approximate surface area is 92.7 Å². The minimum absolute atomic E-state index is 1.06. The second-order valence-corrected chi connectivity index (χ2v) is 4.05. The van der Waals surface area contributed by atoms with Crippen molar-refractivity contribution in [2.45, 2.75) is 0 Å². The van der Waals surface area contributed by atoms with Gasteiger partial charge in [0.25, 0.3) is 0 Å². The molecule has 0 unspecified atom stereocenters. The third-order valence-corrected chi connectivity index (χ3v) is 3.16. The third kappa shape index (κ3) is 0.878. The molecule has 0 bridgehead atoms. The van der Waals surface area contributed by atoms with Crippen molar-refractivity contribution in [2.24, 2.45) is 0 Å². The molecule has 73 valence electrons. The molecule has 0 spiro atoms. The van der Waals surface area contributed by atoms with E-state index < -0.39 is 0 Å². The van der Waals surface area contributed by atoms with Crippen molar-refractivity contribution >= 4 is 32.4 Å². The van der Waals surface area contributed by atoms with Crippen molar-refractivity contribution in [1.29, 1.82) is 0 Å².